The van der Waals surface area contributed by atoms with Crippen molar-refractivity contribution in [1.82, 2.24) is 0 Å². The Labute approximate surface area is 74.1 Å². The van der Waals surface area contributed by atoms with Gasteiger partial charge in [0, 0.05) is 11.0 Å². The molecule has 0 saturated heterocycles. The van der Waals surface area contributed by atoms with E-state index < -0.39 is 12.1 Å². The van der Waals surface area contributed by atoms with Crippen LogP contribution >= 0.6 is 0 Å². The minimum absolute atomic E-state index is 0.398. The van der Waals surface area contributed by atoms with Gasteiger partial charge in [-0.1, -0.05) is 12.1 Å². The lowest BCUT2D eigenvalue weighted by atomic mass is 10.2. The molecule has 2 rings (SSSR count). The van der Waals surface area contributed by atoms with Crippen LogP contribution in [0.2, 0.25) is 0 Å². The normalized spacial score (nSPS) is 20.8. The average molecular weight is 178 g/mol. The van der Waals surface area contributed by atoms with E-state index >= 15 is 0 Å². The van der Waals surface area contributed by atoms with Gasteiger partial charge in [0.2, 0.25) is 0 Å². The number of hydrogen-bond donors (Lipinski definition) is 2. The summed E-state index contributed by atoms with van der Waals surface area (Å²) in [6.07, 6.45) is -1.14. The number of fused-ring (bicyclic) bond motifs is 1. The van der Waals surface area contributed by atoms with Crippen LogP contribution < -0.4 is 11.1 Å². The highest BCUT2D eigenvalue weighted by atomic mass is 16.3. The first-order chi connectivity index (χ1) is 6.20. The summed E-state index contributed by atoms with van der Waals surface area (Å²) >= 11 is 0. The molecule has 0 bridgehead atoms. The number of nitroso groups, excluding NO2 is 1. The van der Waals surface area contributed by atoms with Gasteiger partial charge in [0.1, 0.15) is 5.69 Å². The maximum atomic E-state index is 11.4. The maximum Gasteiger partial charge on any atom is 0.337 e. The molecule has 0 saturated carbocycles. The molecule has 1 aliphatic heterocycles. The van der Waals surface area contributed by atoms with Crippen LogP contribution in [0.3, 0.4) is 0 Å². The number of hydrogen-bond acceptors (Lipinski definition) is 3. The van der Waals surface area contributed by atoms with E-state index in [1.807, 2.05) is 0 Å². The van der Waals surface area contributed by atoms with Gasteiger partial charge in [-0.05, 0) is 6.07 Å². The Bertz CT molecular complexity index is 389. The van der Waals surface area contributed by atoms with Gasteiger partial charge in [-0.15, -0.1) is 0 Å². The summed E-state index contributed by atoms with van der Waals surface area (Å²) in [5.41, 5.74) is 6.24. The first-order valence-electron chi connectivity index (χ1n) is 3.82. The molecule has 0 radical (unpaired) electrons. The van der Waals surface area contributed by atoms with E-state index in [0.29, 0.717) is 16.1 Å². The van der Waals surface area contributed by atoms with Crippen molar-refractivity contribution in [3.05, 3.63) is 29.2 Å². The largest absolute Gasteiger partial charge is 0.337 e. The summed E-state index contributed by atoms with van der Waals surface area (Å²) in [6, 6.07) is 6.73. The number of rotatable bonds is 0. The minimum Gasteiger partial charge on any atom is -0.313 e. The minimum atomic E-state index is -1.14. The van der Waals surface area contributed by atoms with Crippen LogP contribution in [-0.2, 0) is 4.79 Å². The zero-order valence-electron chi connectivity index (χ0n) is 6.73. The summed E-state index contributed by atoms with van der Waals surface area (Å²) in [4.78, 5) is 22.4. The summed E-state index contributed by atoms with van der Waals surface area (Å²) in [7, 11) is 0. The molecule has 5 nitrogen and oxygen atoms in total. The number of anilines is 1. The first-order valence-corrected chi connectivity index (χ1v) is 3.82. The van der Waals surface area contributed by atoms with E-state index in [0.717, 1.165) is 0 Å². The van der Waals surface area contributed by atoms with Crippen molar-refractivity contribution < 1.29 is 9.55 Å². The predicted molar refractivity (Wildman–Crippen MR) is 46.3 cm³/mol. The van der Waals surface area contributed by atoms with Crippen LogP contribution in [0.25, 0.3) is 0 Å². The van der Waals surface area contributed by atoms with Crippen LogP contribution in [0.4, 0.5) is 11.4 Å². The fraction of sp³-hybridized carbons (Fsp3) is 0.125. The van der Waals surface area contributed by atoms with E-state index in [9.17, 15) is 9.70 Å². The van der Waals surface area contributed by atoms with Crippen LogP contribution in [0.5, 0.6) is 0 Å². The van der Waals surface area contributed by atoms with Gasteiger partial charge >= 0.3 is 12.1 Å². The number of para-hydroxylation sites is 2. The molecule has 0 fully saturated rings. The number of nitrogens with two attached hydrogens (primary N) is 1. The SMILES string of the molecule is NC1C(=O)Nc2ccccc2[N+]1=O. The maximum absolute atomic E-state index is 11.4. The van der Waals surface area contributed by atoms with Crippen molar-refractivity contribution >= 4 is 17.3 Å². The lowest BCUT2D eigenvalue weighted by Crippen LogP contribution is -2.45. The highest BCUT2D eigenvalue weighted by molar-refractivity contribution is 5.97. The van der Waals surface area contributed by atoms with Crippen molar-refractivity contribution in [1.29, 1.82) is 0 Å². The van der Waals surface area contributed by atoms with E-state index in [1.165, 1.54) is 0 Å². The topological polar surface area (TPSA) is 75.2 Å². The molecule has 0 aliphatic carbocycles. The molecule has 1 aliphatic rings. The van der Waals surface area contributed by atoms with Crippen molar-refractivity contribution in [2.75, 3.05) is 5.32 Å². The van der Waals surface area contributed by atoms with Gasteiger partial charge in [-0.3, -0.25) is 10.5 Å². The lowest BCUT2D eigenvalue weighted by Gasteiger charge is -2.12. The van der Waals surface area contributed by atoms with Gasteiger partial charge in [0.25, 0.3) is 5.69 Å². The fourth-order valence-electron chi connectivity index (χ4n) is 1.23. The van der Waals surface area contributed by atoms with Gasteiger partial charge in [0.05, 0.1) is 4.76 Å². The molecule has 66 valence electrons. The smallest absolute Gasteiger partial charge is 0.313 e. The molecule has 0 aromatic heterocycles. The Kier molecular flexibility index (Phi) is 1.60. The number of carbonyl (C=O) groups is 1. The van der Waals surface area contributed by atoms with Gasteiger partial charge < -0.3 is 5.32 Å². The molecule has 5 heteroatoms. The molecule has 0 spiro atoms. The van der Waals surface area contributed by atoms with E-state index in [1.54, 1.807) is 24.3 Å². The number of nitrogens with zero attached hydrogens (tertiary/aromatic N) is 1. The third-order valence-electron chi connectivity index (χ3n) is 1.92. The Morgan fingerprint density at radius 2 is 2.08 bits per heavy atom. The molecule has 3 N–H and O–H groups in total. The lowest BCUT2D eigenvalue weighted by molar-refractivity contribution is -0.490. The zero-order chi connectivity index (χ0) is 9.42. The number of carbonyl (C=O) groups excluding carboxylic acids is 1. The van der Waals surface area contributed by atoms with Gasteiger partial charge in [0.15, 0.2) is 0 Å². The summed E-state index contributed by atoms with van der Waals surface area (Å²) < 4.78 is 0.508. The second kappa shape index (κ2) is 2.63. The van der Waals surface area contributed by atoms with Crippen LogP contribution in [0, 0.1) is 4.91 Å². The molecular weight excluding hydrogens is 170 g/mol. The standard InChI is InChI=1S/C8H7N3O2/c9-7-8(12)10-5-3-1-2-4-6(5)11(7)13/h1-4,7H,9H2/p+1. The van der Waals surface area contributed by atoms with Crippen molar-refractivity contribution in [3.8, 4) is 0 Å². The molecule has 1 amide bonds. The van der Waals surface area contributed by atoms with Crippen molar-refractivity contribution in [2.24, 2.45) is 5.73 Å². The molecule has 1 aromatic carbocycles. The molecule has 1 atom stereocenters. The Morgan fingerprint density at radius 3 is 2.85 bits per heavy atom. The Morgan fingerprint density at radius 1 is 1.38 bits per heavy atom. The second-order valence-corrected chi connectivity index (χ2v) is 2.78. The van der Waals surface area contributed by atoms with Gasteiger partial charge in [-0.25, -0.2) is 0 Å². The van der Waals surface area contributed by atoms with Crippen molar-refractivity contribution in [2.45, 2.75) is 6.17 Å². The number of nitrogens with one attached hydrogen (secondary N) is 1. The third kappa shape index (κ3) is 1.09. The predicted octanol–water partition coefficient (Wildman–Crippen LogP) is 0.334. The third-order valence-corrected chi connectivity index (χ3v) is 1.92. The molecule has 1 unspecified atom stereocenters. The summed E-state index contributed by atoms with van der Waals surface area (Å²) in [6.45, 7) is 0. The van der Waals surface area contributed by atoms with Crippen molar-refractivity contribution in [3.63, 3.8) is 0 Å². The molecule has 13 heavy (non-hydrogen) atoms. The van der Waals surface area contributed by atoms with E-state index in [2.05, 4.69) is 5.32 Å². The van der Waals surface area contributed by atoms with Gasteiger partial charge in [-0.2, -0.15) is 0 Å². The monoisotopic (exact) mass is 178 g/mol. The molecule has 1 heterocycles. The van der Waals surface area contributed by atoms with E-state index in [4.69, 9.17) is 5.73 Å². The van der Waals surface area contributed by atoms with Crippen LogP contribution in [-0.4, -0.2) is 16.8 Å². The summed E-state index contributed by atoms with van der Waals surface area (Å²) in [5, 5.41) is 2.53. The number of benzene rings is 1. The average Bonchev–Trinajstić information content (AvgIpc) is 2.15. The van der Waals surface area contributed by atoms with Crippen LogP contribution in [0.15, 0.2) is 24.3 Å². The highest BCUT2D eigenvalue weighted by Crippen LogP contribution is 2.27. The number of amides is 1. The zero-order valence-corrected chi connectivity index (χ0v) is 6.73. The quantitative estimate of drug-likeness (QED) is 0.562. The first kappa shape index (κ1) is 7.88. The van der Waals surface area contributed by atoms with E-state index in [-0.39, 0.29) is 0 Å². The Hall–Kier alpha value is -1.75. The highest BCUT2D eigenvalue weighted by Gasteiger charge is 2.38. The second-order valence-electron chi connectivity index (χ2n) is 2.78. The summed E-state index contributed by atoms with van der Waals surface area (Å²) in [5.74, 6) is -0.478. The van der Waals surface area contributed by atoms with Crippen LogP contribution in [0.1, 0.15) is 0 Å². The molecule has 1 aromatic rings. The fourth-order valence-corrected chi connectivity index (χ4v) is 1.23. The Balaban J connectivity index is 2.55. The molecular formula is C8H8N3O2+.